The van der Waals surface area contributed by atoms with Crippen LogP contribution in [0.25, 0.3) is 0 Å². The van der Waals surface area contributed by atoms with Crippen molar-refractivity contribution in [2.24, 2.45) is 0 Å². The van der Waals surface area contributed by atoms with E-state index in [2.05, 4.69) is 5.32 Å². The number of ether oxygens (including phenoxy) is 2. The van der Waals surface area contributed by atoms with Crippen LogP contribution in [0, 0.1) is 6.92 Å². The van der Waals surface area contributed by atoms with Crippen LogP contribution in [-0.4, -0.2) is 31.3 Å². The van der Waals surface area contributed by atoms with E-state index in [1.807, 2.05) is 38.1 Å². The smallest absolute Gasteiger partial charge is 0.325 e. The number of aryl methyl sites for hydroxylation is 1. The van der Waals surface area contributed by atoms with Crippen LogP contribution in [0.1, 0.15) is 31.7 Å². The summed E-state index contributed by atoms with van der Waals surface area (Å²) >= 11 is 0. The van der Waals surface area contributed by atoms with Crippen LogP contribution in [0.3, 0.4) is 0 Å². The van der Waals surface area contributed by atoms with Crippen LogP contribution in [-0.2, 0) is 9.53 Å². The van der Waals surface area contributed by atoms with E-state index in [1.54, 1.807) is 0 Å². The molecule has 0 heterocycles. The third kappa shape index (κ3) is 3.97. The zero-order chi connectivity index (χ0) is 14.6. The average molecular weight is 277 g/mol. The first-order valence-electron chi connectivity index (χ1n) is 7.09. The highest BCUT2D eigenvalue weighted by molar-refractivity contribution is 5.80. The maximum atomic E-state index is 11.9. The van der Waals surface area contributed by atoms with E-state index >= 15 is 0 Å². The van der Waals surface area contributed by atoms with Gasteiger partial charge in [-0.15, -0.1) is 0 Å². The summed E-state index contributed by atoms with van der Waals surface area (Å²) in [5, 5.41) is 3.36. The predicted molar refractivity (Wildman–Crippen MR) is 77.9 cm³/mol. The molecule has 1 N–H and O–H groups in total. The summed E-state index contributed by atoms with van der Waals surface area (Å²) < 4.78 is 10.6. The molecule has 2 rings (SSSR count). The van der Waals surface area contributed by atoms with Gasteiger partial charge in [0.1, 0.15) is 11.3 Å². The quantitative estimate of drug-likeness (QED) is 0.778. The second kappa shape index (κ2) is 6.27. The van der Waals surface area contributed by atoms with Gasteiger partial charge in [0.05, 0.1) is 13.7 Å². The number of carbonyl (C=O) groups is 1. The van der Waals surface area contributed by atoms with Gasteiger partial charge in [0.15, 0.2) is 0 Å². The Morgan fingerprint density at radius 3 is 2.55 bits per heavy atom. The number of carbonyl (C=O) groups excluding carboxylic acids is 1. The molecule has 1 saturated carbocycles. The second-order valence-corrected chi connectivity index (χ2v) is 5.65. The molecule has 1 aromatic carbocycles. The highest BCUT2D eigenvalue weighted by Crippen LogP contribution is 2.25. The second-order valence-electron chi connectivity index (χ2n) is 5.65. The Kier molecular flexibility index (Phi) is 4.65. The lowest BCUT2D eigenvalue weighted by Crippen LogP contribution is -2.52. The Hall–Kier alpha value is -1.55. The molecule has 4 nitrogen and oxygen atoms in total. The highest BCUT2D eigenvalue weighted by Gasteiger charge is 2.39. The molecule has 1 aliphatic carbocycles. The minimum atomic E-state index is -0.666. The van der Waals surface area contributed by atoms with Gasteiger partial charge in [-0.05, 0) is 38.8 Å². The summed E-state index contributed by atoms with van der Waals surface area (Å²) in [5.41, 5.74) is 0.535. The van der Waals surface area contributed by atoms with E-state index in [9.17, 15) is 4.79 Å². The first-order valence-corrected chi connectivity index (χ1v) is 7.09. The lowest BCUT2D eigenvalue weighted by molar-refractivity contribution is -0.148. The molecule has 1 atom stereocenters. The molecule has 1 aliphatic rings. The van der Waals surface area contributed by atoms with Gasteiger partial charge >= 0.3 is 5.97 Å². The molecule has 0 radical (unpaired) electrons. The van der Waals surface area contributed by atoms with Gasteiger partial charge in [-0.1, -0.05) is 17.7 Å². The zero-order valence-corrected chi connectivity index (χ0v) is 12.4. The fourth-order valence-electron chi connectivity index (χ4n) is 2.14. The molecule has 20 heavy (non-hydrogen) atoms. The van der Waals surface area contributed by atoms with Gasteiger partial charge in [-0.25, -0.2) is 0 Å². The Bertz CT molecular complexity index is 453. The monoisotopic (exact) mass is 277 g/mol. The van der Waals surface area contributed by atoms with Gasteiger partial charge in [0, 0.05) is 12.5 Å². The third-order valence-corrected chi connectivity index (χ3v) is 3.63. The van der Waals surface area contributed by atoms with Crippen molar-refractivity contribution in [3.63, 3.8) is 0 Å². The van der Waals surface area contributed by atoms with Crippen LogP contribution < -0.4 is 10.1 Å². The molecule has 0 bridgehead atoms. The van der Waals surface area contributed by atoms with Crippen LogP contribution in [0.2, 0.25) is 0 Å². The first-order chi connectivity index (χ1) is 9.53. The fraction of sp³-hybridized carbons (Fsp3) is 0.562. The lowest BCUT2D eigenvalue weighted by Gasteiger charge is -2.28. The van der Waals surface area contributed by atoms with Crippen LogP contribution >= 0.6 is 0 Å². The standard InChI is InChI=1S/C16H23NO3/c1-12-4-8-14(9-5-12)20-11-10-16(2,15(18)19-3)17-13-6-7-13/h4-5,8-9,13,17H,6-7,10-11H2,1-3H3. The molecule has 0 amide bonds. The van der Waals surface area contributed by atoms with Crippen molar-refractivity contribution < 1.29 is 14.3 Å². The van der Waals surface area contributed by atoms with E-state index < -0.39 is 5.54 Å². The maximum Gasteiger partial charge on any atom is 0.325 e. The first kappa shape index (κ1) is 14.9. The number of benzene rings is 1. The SMILES string of the molecule is COC(=O)C(C)(CCOc1ccc(C)cc1)NC1CC1. The van der Waals surface area contributed by atoms with Crippen LogP contribution in [0.4, 0.5) is 0 Å². The third-order valence-electron chi connectivity index (χ3n) is 3.63. The molecule has 0 spiro atoms. The molecular formula is C16H23NO3. The fourth-order valence-corrected chi connectivity index (χ4v) is 2.14. The lowest BCUT2D eigenvalue weighted by atomic mass is 9.98. The average Bonchev–Trinajstić information content (AvgIpc) is 3.24. The molecule has 110 valence electrons. The van der Waals surface area contributed by atoms with Crippen molar-refractivity contribution in [1.29, 1.82) is 0 Å². The van der Waals surface area contributed by atoms with Gasteiger partial charge < -0.3 is 9.47 Å². The molecule has 0 saturated heterocycles. The molecule has 1 fully saturated rings. The number of hydrogen-bond acceptors (Lipinski definition) is 4. The number of rotatable bonds is 7. The molecule has 1 aromatic rings. The summed E-state index contributed by atoms with van der Waals surface area (Å²) in [6.45, 7) is 4.40. The van der Waals surface area contributed by atoms with Crippen LogP contribution in [0.15, 0.2) is 24.3 Å². The number of hydrogen-bond donors (Lipinski definition) is 1. The van der Waals surface area contributed by atoms with Gasteiger partial charge in [0.25, 0.3) is 0 Å². The Morgan fingerprint density at radius 1 is 1.35 bits per heavy atom. The van der Waals surface area contributed by atoms with Crippen molar-refractivity contribution >= 4 is 5.97 Å². The Morgan fingerprint density at radius 2 is 2.00 bits per heavy atom. The normalized spacial score (nSPS) is 17.4. The summed E-state index contributed by atoms with van der Waals surface area (Å²) in [4.78, 5) is 11.9. The van der Waals surface area contributed by atoms with E-state index in [0.29, 0.717) is 19.1 Å². The summed E-state index contributed by atoms with van der Waals surface area (Å²) in [5.74, 6) is 0.603. The van der Waals surface area contributed by atoms with E-state index in [-0.39, 0.29) is 5.97 Å². The van der Waals surface area contributed by atoms with Gasteiger partial charge in [-0.3, -0.25) is 10.1 Å². The number of methoxy groups -OCH3 is 1. The zero-order valence-electron chi connectivity index (χ0n) is 12.4. The minimum Gasteiger partial charge on any atom is -0.494 e. The summed E-state index contributed by atoms with van der Waals surface area (Å²) in [7, 11) is 1.43. The van der Waals surface area contributed by atoms with Crippen molar-refractivity contribution in [1.82, 2.24) is 5.32 Å². The molecule has 4 heteroatoms. The van der Waals surface area contributed by atoms with E-state index in [4.69, 9.17) is 9.47 Å². The molecule has 1 unspecified atom stereocenters. The predicted octanol–water partition coefficient (Wildman–Crippen LogP) is 2.45. The minimum absolute atomic E-state index is 0.225. The Labute approximate surface area is 120 Å². The topological polar surface area (TPSA) is 47.6 Å². The summed E-state index contributed by atoms with van der Waals surface area (Å²) in [6.07, 6.45) is 2.85. The maximum absolute atomic E-state index is 11.9. The molecular weight excluding hydrogens is 254 g/mol. The number of nitrogens with one attached hydrogen (secondary N) is 1. The highest BCUT2D eigenvalue weighted by atomic mass is 16.5. The summed E-state index contributed by atoms with van der Waals surface area (Å²) in [6, 6.07) is 8.35. The largest absolute Gasteiger partial charge is 0.494 e. The van der Waals surface area contributed by atoms with Crippen LogP contribution in [0.5, 0.6) is 5.75 Å². The van der Waals surface area contributed by atoms with Crippen molar-refractivity contribution in [3.05, 3.63) is 29.8 Å². The van der Waals surface area contributed by atoms with Crippen molar-refractivity contribution in [2.45, 2.75) is 44.7 Å². The van der Waals surface area contributed by atoms with E-state index in [1.165, 1.54) is 12.7 Å². The van der Waals surface area contributed by atoms with Crippen molar-refractivity contribution in [3.8, 4) is 5.75 Å². The van der Waals surface area contributed by atoms with Gasteiger partial charge in [-0.2, -0.15) is 0 Å². The number of esters is 1. The van der Waals surface area contributed by atoms with E-state index in [0.717, 1.165) is 18.6 Å². The van der Waals surface area contributed by atoms with Gasteiger partial charge in [0.2, 0.25) is 0 Å². The molecule has 0 aromatic heterocycles. The van der Waals surface area contributed by atoms with Crippen molar-refractivity contribution in [2.75, 3.05) is 13.7 Å². The Balaban J connectivity index is 1.87. The molecule has 0 aliphatic heterocycles.